The summed E-state index contributed by atoms with van der Waals surface area (Å²) in [6.45, 7) is 1.92. The van der Waals surface area contributed by atoms with Gasteiger partial charge < -0.3 is 25.4 Å². The molecular formula is C21H24N8O3. The first-order chi connectivity index (χ1) is 16.6. The molecule has 2 aromatic heterocycles. The lowest BCUT2D eigenvalue weighted by atomic mass is 9.98. The molecular weight excluding hydrogens is 412 g/mol. The summed E-state index contributed by atoms with van der Waals surface area (Å²) in [5.74, 6) is 0.282. The van der Waals surface area contributed by atoms with Crippen molar-refractivity contribution in [2.45, 2.75) is 5.54 Å². The highest BCUT2D eigenvalue weighted by Crippen LogP contribution is 2.37. The predicted octanol–water partition coefficient (Wildman–Crippen LogP) is 1.75. The van der Waals surface area contributed by atoms with E-state index in [0.29, 0.717) is 41.9 Å². The molecule has 0 aliphatic carbocycles. The topological polar surface area (TPSA) is 128 Å². The Bertz CT molecular complexity index is 1260. The number of methoxy groups -OCH3 is 1. The average Bonchev–Trinajstić information content (AvgIpc) is 3.21. The summed E-state index contributed by atoms with van der Waals surface area (Å²) in [7, 11) is 3.25. The third kappa shape index (κ3) is 3.97. The monoisotopic (exact) mass is 439 g/mol. The van der Waals surface area contributed by atoms with Gasteiger partial charge in [-0.05, 0) is 12.1 Å². The van der Waals surface area contributed by atoms with E-state index in [4.69, 9.17) is 13.6 Å². The normalized spacial score (nSPS) is 16.0. The molecule has 1 aromatic carbocycles. The number of nitrogens with zero attached hydrogens (tertiary/aromatic N) is 5. The summed E-state index contributed by atoms with van der Waals surface area (Å²) in [6, 6.07) is 6.85. The summed E-state index contributed by atoms with van der Waals surface area (Å²) in [5, 5.41) is 20.6. The van der Waals surface area contributed by atoms with Crippen LogP contribution in [0.2, 0.25) is 0 Å². The lowest BCUT2D eigenvalue weighted by molar-refractivity contribution is -0.0171. The molecule has 3 heterocycles. The third-order valence-electron chi connectivity index (χ3n) is 4.94. The van der Waals surface area contributed by atoms with Crippen LogP contribution in [0.4, 0.5) is 17.2 Å². The molecule has 1 aliphatic heterocycles. The van der Waals surface area contributed by atoms with Crippen molar-refractivity contribution in [1.29, 1.82) is 0 Å². The van der Waals surface area contributed by atoms with Gasteiger partial charge in [0.25, 0.3) is 5.91 Å². The maximum Gasteiger partial charge on any atom is 0.273 e. The van der Waals surface area contributed by atoms with Crippen LogP contribution in [0.1, 0.15) is 14.6 Å². The number of hydrogen-bond acceptors (Lipinski definition) is 9. The van der Waals surface area contributed by atoms with E-state index in [1.165, 1.54) is 7.11 Å². The van der Waals surface area contributed by atoms with E-state index in [1.54, 1.807) is 48.4 Å². The molecule has 0 spiro atoms. The quantitative estimate of drug-likeness (QED) is 0.450. The molecule has 0 bridgehead atoms. The Morgan fingerprint density at radius 1 is 1.38 bits per heavy atom. The van der Waals surface area contributed by atoms with Crippen LogP contribution in [0.25, 0.3) is 11.4 Å². The first kappa shape index (κ1) is 17.7. The average molecular weight is 439 g/mol. The van der Waals surface area contributed by atoms with Gasteiger partial charge in [-0.3, -0.25) is 9.48 Å². The molecule has 1 fully saturated rings. The maximum absolute atomic E-state index is 12.7. The minimum absolute atomic E-state index is 0.202. The number of nitrogens with one attached hydrogen (secondary N) is 3. The van der Waals surface area contributed by atoms with E-state index in [1.807, 2.05) is 5.32 Å². The zero-order valence-electron chi connectivity index (χ0n) is 20.5. The summed E-state index contributed by atoms with van der Waals surface area (Å²) >= 11 is 0. The van der Waals surface area contributed by atoms with Gasteiger partial charge in [0.2, 0.25) is 0 Å². The van der Waals surface area contributed by atoms with Crippen LogP contribution in [0.15, 0.2) is 43.2 Å². The molecule has 11 nitrogen and oxygen atoms in total. The standard InChI is InChI=1S/C21H24N8O3/c1-5-21(10-32-11-21)25-16-9-15(17(27-26-16)20(30)22-2)24-14-8-6-7-13(18(14)31-4)19-23-12-29(3)28-19/h5-9,12H,1,10-11H2,2-4H3,(H,22,30)(H2,24,25,26)/i2D3. The Morgan fingerprint density at radius 2 is 2.22 bits per heavy atom. The summed E-state index contributed by atoms with van der Waals surface area (Å²) in [5.41, 5.74) is 0.561. The largest absolute Gasteiger partial charge is 0.494 e. The molecule has 4 rings (SSSR count). The van der Waals surface area contributed by atoms with Crippen LogP contribution < -0.4 is 20.7 Å². The molecule has 3 aromatic rings. The molecule has 1 amide bonds. The Hall–Kier alpha value is -3.99. The first-order valence-corrected chi connectivity index (χ1v) is 9.63. The fraction of sp³-hybridized carbons (Fsp3) is 0.286. The van der Waals surface area contributed by atoms with Crippen molar-refractivity contribution < 1.29 is 18.4 Å². The summed E-state index contributed by atoms with van der Waals surface area (Å²) < 4.78 is 34.6. The number of para-hydroxylation sites is 1. The highest BCUT2D eigenvalue weighted by molar-refractivity contribution is 5.98. The van der Waals surface area contributed by atoms with Crippen molar-refractivity contribution in [3.05, 3.63) is 48.9 Å². The number of anilines is 3. The van der Waals surface area contributed by atoms with Gasteiger partial charge in [0.15, 0.2) is 23.1 Å². The first-order valence-electron chi connectivity index (χ1n) is 11.1. The van der Waals surface area contributed by atoms with Gasteiger partial charge >= 0.3 is 0 Å². The van der Waals surface area contributed by atoms with Gasteiger partial charge in [-0.15, -0.1) is 16.8 Å². The van der Waals surface area contributed by atoms with E-state index in [9.17, 15) is 4.79 Å². The Balaban J connectivity index is 1.74. The van der Waals surface area contributed by atoms with E-state index in [-0.39, 0.29) is 11.4 Å². The molecule has 32 heavy (non-hydrogen) atoms. The summed E-state index contributed by atoms with van der Waals surface area (Å²) in [6.07, 6.45) is 3.28. The second-order valence-electron chi connectivity index (χ2n) is 7.18. The predicted molar refractivity (Wildman–Crippen MR) is 119 cm³/mol. The Labute approximate surface area is 189 Å². The van der Waals surface area contributed by atoms with Crippen LogP contribution in [0.5, 0.6) is 5.75 Å². The molecule has 0 atom stereocenters. The van der Waals surface area contributed by atoms with Gasteiger partial charge in [-0.2, -0.15) is 5.10 Å². The fourth-order valence-corrected chi connectivity index (χ4v) is 3.23. The number of ether oxygens (including phenoxy) is 2. The lowest BCUT2D eigenvalue weighted by Crippen LogP contribution is -2.54. The van der Waals surface area contributed by atoms with Gasteiger partial charge in [0.1, 0.15) is 11.9 Å². The highest BCUT2D eigenvalue weighted by Gasteiger charge is 2.36. The number of benzene rings is 1. The Morgan fingerprint density at radius 3 is 2.84 bits per heavy atom. The number of aryl methyl sites for hydroxylation is 1. The molecule has 166 valence electrons. The van der Waals surface area contributed by atoms with Crippen LogP contribution in [0.3, 0.4) is 0 Å². The van der Waals surface area contributed by atoms with Gasteiger partial charge in [0, 0.05) is 24.2 Å². The zero-order valence-corrected chi connectivity index (χ0v) is 17.5. The van der Waals surface area contributed by atoms with Gasteiger partial charge in [-0.1, -0.05) is 12.1 Å². The maximum atomic E-state index is 12.7. The lowest BCUT2D eigenvalue weighted by Gasteiger charge is -2.39. The van der Waals surface area contributed by atoms with E-state index in [0.717, 1.165) is 0 Å². The van der Waals surface area contributed by atoms with Gasteiger partial charge in [-0.25, -0.2) is 4.98 Å². The van der Waals surface area contributed by atoms with E-state index < -0.39 is 18.4 Å². The van der Waals surface area contributed by atoms with Crippen molar-refractivity contribution in [2.75, 3.05) is 37.9 Å². The minimum Gasteiger partial charge on any atom is -0.494 e. The van der Waals surface area contributed by atoms with E-state index in [2.05, 4.69) is 37.5 Å². The highest BCUT2D eigenvalue weighted by atomic mass is 16.5. The molecule has 0 unspecified atom stereocenters. The second-order valence-corrected chi connectivity index (χ2v) is 7.18. The zero-order chi connectivity index (χ0) is 25.2. The number of carbonyl (C=O) groups is 1. The number of rotatable bonds is 8. The SMILES string of the molecule is [2H]C([2H])([2H])NC(=O)c1nnc(NC2(C=C)COC2)cc1Nc1cccc(-c2ncn(C)n2)c1OC. The van der Waals surface area contributed by atoms with Crippen molar-refractivity contribution in [3.8, 4) is 17.1 Å². The number of amides is 1. The molecule has 11 heteroatoms. The van der Waals surface area contributed by atoms with Crippen molar-refractivity contribution in [1.82, 2.24) is 30.3 Å². The van der Waals surface area contributed by atoms with E-state index >= 15 is 0 Å². The Kier molecular flexibility index (Phi) is 4.77. The van der Waals surface area contributed by atoms with Crippen LogP contribution in [-0.2, 0) is 11.8 Å². The second kappa shape index (κ2) is 8.63. The van der Waals surface area contributed by atoms with Crippen molar-refractivity contribution in [2.24, 2.45) is 7.05 Å². The number of carbonyl (C=O) groups excluding carboxylic acids is 1. The third-order valence-corrected chi connectivity index (χ3v) is 4.94. The molecule has 1 saturated heterocycles. The molecule has 3 N–H and O–H groups in total. The summed E-state index contributed by atoms with van der Waals surface area (Å²) in [4.78, 5) is 17.0. The van der Waals surface area contributed by atoms with Crippen molar-refractivity contribution >= 4 is 23.1 Å². The minimum atomic E-state index is -2.70. The van der Waals surface area contributed by atoms with Gasteiger partial charge in [0.05, 0.1) is 37.3 Å². The molecule has 1 aliphatic rings. The molecule has 0 radical (unpaired) electrons. The van der Waals surface area contributed by atoms with Crippen LogP contribution in [0, 0.1) is 0 Å². The van der Waals surface area contributed by atoms with Crippen LogP contribution >= 0.6 is 0 Å². The smallest absolute Gasteiger partial charge is 0.273 e. The van der Waals surface area contributed by atoms with Crippen molar-refractivity contribution in [3.63, 3.8) is 0 Å². The van der Waals surface area contributed by atoms with Crippen LogP contribution in [-0.4, -0.2) is 63.7 Å². The number of aromatic nitrogens is 5. The fourth-order valence-electron chi connectivity index (χ4n) is 3.23. The number of hydrogen-bond donors (Lipinski definition) is 3. The molecule has 0 saturated carbocycles.